The second-order valence-corrected chi connectivity index (χ2v) is 9.25. The van der Waals surface area contributed by atoms with E-state index in [-0.39, 0.29) is 11.8 Å². The van der Waals surface area contributed by atoms with Gasteiger partial charge in [0.15, 0.2) is 5.58 Å². The molecular weight excluding hydrogens is 380 g/mol. The maximum absolute atomic E-state index is 12.5. The van der Waals surface area contributed by atoms with Crippen LogP contribution in [0.2, 0.25) is 0 Å². The predicted octanol–water partition coefficient (Wildman–Crippen LogP) is 4.81. The van der Waals surface area contributed by atoms with Gasteiger partial charge in [-0.15, -0.1) is 0 Å². The lowest BCUT2D eigenvalue weighted by Crippen LogP contribution is -2.37. The van der Waals surface area contributed by atoms with Crippen LogP contribution >= 0.6 is 0 Å². The van der Waals surface area contributed by atoms with Gasteiger partial charge < -0.3 is 13.9 Å². The number of aromatic nitrogens is 1. The lowest BCUT2D eigenvalue weighted by atomic mass is 9.62. The second-order valence-electron chi connectivity index (χ2n) is 9.25. The van der Waals surface area contributed by atoms with Crippen molar-refractivity contribution in [3.05, 3.63) is 34.3 Å². The third-order valence-electron chi connectivity index (χ3n) is 7.50. The highest BCUT2D eigenvalue weighted by molar-refractivity contribution is 5.75. The van der Waals surface area contributed by atoms with Crippen LogP contribution in [0.25, 0.3) is 11.1 Å². The molecule has 2 aromatic rings. The molecule has 2 fully saturated rings. The highest BCUT2D eigenvalue weighted by atomic mass is 16.5. The molecule has 162 valence electrons. The van der Waals surface area contributed by atoms with Gasteiger partial charge in [-0.25, -0.2) is 4.79 Å². The minimum Gasteiger partial charge on any atom is -0.408 e. The number of hydrogen-bond acceptors (Lipinski definition) is 5. The van der Waals surface area contributed by atoms with Crippen LogP contribution in [-0.2, 0) is 9.47 Å². The van der Waals surface area contributed by atoms with Crippen molar-refractivity contribution in [3.8, 4) is 6.07 Å². The van der Waals surface area contributed by atoms with E-state index in [0.29, 0.717) is 41.8 Å². The molecular formula is C24H32N2O4. The van der Waals surface area contributed by atoms with E-state index in [0.717, 1.165) is 44.0 Å². The van der Waals surface area contributed by atoms with E-state index in [2.05, 4.69) is 13.0 Å². The zero-order valence-corrected chi connectivity index (χ0v) is 18.1. The van der Waals surface area contributed by atoms with Crippen molar-refractivity contribution in [1.29, 1.82) is 5.26 Å². The SMILES string of the molecule is COCCO[C@H]1CC[C@](C)(C2CCC(n3c(=O)oc4ccc(C#N)cc43)CC2)CC1. The summed E-state index contributed by atoms with van der Waals surface area (Å²) >= 11 is 0. The fraction of sp³-hybridized carbons (Fsp3) is 0.667. The largest absolute Gasteiger partial charge is 0.420 e. The topological polar surface area (TPSA) is 77.4 Å². The number of hydrogen-bond donors (Lipinski definition) is 0. The first-order valence-electron chi connectivity index (χ1n) is 11.2. The zero-order valence-electron chi connectivity index (χ0n) is 18.1. The lowest BCUT2D eigenvalue weighted by Gasteiger charge is -2.45. The predicted molar refractivity (Wildman–Crippen MR) is 114 cm³/mol. The van der Waals surface area contributed by atoms with Gasteiger partial charge in [-0.3, -0.25) is 4.57 Å². The average Bonchev–Trinajstić information content (AvgIpc) is 3.10. The Morgan fingerprint density at radius 1 is 1.17 bits per heavy atom. The number of fused-ring (bicyclic) bond motifs is 1. The van der Waals surface area contributed by atoms with Crippen molar-refractivity contribution >= 4 is 11.1 Å². The smallest absolute Gasteiger partial charge is 0.408 e. The molecule has 6 nitrogen and oxygen atoms in total. The fourth-order valence-corrected chi connectivity index (χ4v) is 5.60. The number of rotatable bonds is 6. The molecule has 0 amide bonds. The van der Waals surface area contributed by atoms with Crippen LogP contribution in [0, 0.1) is 22.7 Å². The van der Waals surface area contributed by atoms with E-state index in [1.54, 1.807) is 29.9 Å². The summed E-state index contributed by atoms with van der Waals surface area (Å²) in [5.41, 5.74) is 2.24. The molecule has 2 aliphatic carbocycles. The van der Waals surface area contributed by atoms with E-state index in [9.17, 15) is 10.1 Å². The molecule has 0 bridgehead atoms. The van der Waals surface area contributed by atoms with E-state index in [1.165, 1.54) is 12.8 Å². The van der Waals surface area contributed by atoms with Gasteiger partial charge in [0.1, 0.15) is 0 Å². The number of methoxy groups -OCH3 is 1. The Morgan fingerprint density at radius 2 is 1.90 bits per heavy atom. The molecule has 2 aliphatic rings. The Labute approximate surface area is 177 Å². The standard InChI is InChI=1S/C24H32N2O4/c1-24(11-9-20(10-12-24)29-14-13-28-2)18-4-6-19(7-5-18)26-21-15-17(16-25)3-8-22(21)30-23(26)27/h3,8,15,18-20H,4-7,9-14H2,1-2H3/t18?,19?,20-,24-. The highest BCUT2D eigenvalue weighted by Gasteiger charge is 2.40. The summed E-state index contributed by atoms with van der Waals surface area (Å²) in [5.74, 6) is 0.390. The van der Waals surface area contributed by atoms with Crippen molar-refractivity contribution in [1.82, 2.24) is 4.57 Å². The van der Waals surface area contributed by atoms with Gasteiger partial charge in [0.2, 0.25) is 0 Å². The molecule has 0 saturated heterocycles. The molecule has 2 saturated carbocycles. The quantitative estimate of drug-likeness (QED) is 0.636. The third-order valence-corrected chi connectivity index (χ3v) is 7.50. The Kier molecular flexibility index (Phi) is 6.31. The molecule has 6 heteroatoms. The summed E-state index contributed by atoms with van der Waals surface area (Å²) in [4.78, 5) is 12.5. The summed E-state index contributed by atoms with van der Waals surface area (Å²) in [6.07, 6.45) is 9.28. The Bertz CT molecular complexity index is 954. The normalized spacial score (nSPS) is 29.7. The third kappa shape index (κ3) is 4.19. The number of benzene rings is 1. The number of nitrogens with zero attached hydrogens (tertiary/aromatic N) is 2. The van der Waals surface area contributed by atoms with Gasteiger partial charge >= 0.3 is 5.76 Å². The number of nitriles is 1. The molecule has 1 aromatic carbocycles. The molecule has 1 aromatic heterocycles. The first-order valence-corrected chi connectivity index (χ1v) is 11.2. The summed E-state index contributed by atoms with van der Waals surface area (Å²) in [6.45, 7) is 3.79. The Morgan fingerprint density at radius 3 is 2.57 bits per heavy atom. The van der Waals surface area contributed by atoms with Crippen LogP contribution in [-0.4, -0.2) is 31.0 Å². The maximum atomic E-state index is 12.5. The van der Waals surface area contributed by atoms with Crippen molar-refractivity contribution < 1.29 is 13.9 Å². The summed E-state index contributed by atoms with van der Waals surface area (Å²) in [6, 6.07) is 7.51. The molecule has 0 N–H and O–H groups in total. The molecule has 4 rings (SSSR count). The Hall–Kier alpha value is -2.10. The van der Waals surface area contributed by atoms with E-state index < -0.39 is 0 Å². The zero-order chi connectivity index (χ0) is 21.1. The first kappa shape index (κ1) is 21.1. The Balaban J connectivity index is 1.39. The second kappa shape index (κ2) is 8.95. The molecule has 0 spiro atoms. The van der Waals surface area contributed by atoms with Crippen LogP contribution in [0.4, 0.5) is 0 Å². The van der Waals surface area contributed by atoms with Crippen molar-refractivity contribution in [3.63, 3.8) is 0 Å². The molecule has 0 aliphatic heterocycles. The van der Waals surface area contributed by atoms with E-state index in [1.807, 2.05) is 0 Å². The average molecular weight is 413 g/mol. The van der Waals surface area contributed by atoms with Gasteiger partial charge in [-0.2, -0.15) is 5.26 Å². The summed E-state index contributed by atoms with van der Waals surface area (Å²) in [7, 11) is 1.71. The van der Waals surface area contributed by atoms with Crippen molar-refractivity contribution in [2.24, 2.45) is 11.3 Å². The van der Waals surface area contributed by atoms with Crippen LogP contribution in [0.5, 0.6) is 0 Å². The molecule has 0 atom stereocenters. The minimum atomic E-state index is -0.302. The number of ether oxygens (including phenoxy) is 2. The maximum Gasteiger partial charge on any atom is 0.420 e. The van der Waals surface area contributed by atoms with Crippen LogP contribution < -0.4 is 5.76 Å². The van der Waals surface area contributed by atoms with Gasteiger partial charge in [-0.1, -0.05) is 6.92 Å². The van der Waals surface area contributed by atoms with Crippen molar-refractivity contribution in [2.45, 2.75) is 70.4 Å². The van der Waals surface area contributed by atoms with Gasteiger partial charge in [0.05, 0.1) is 36.5 Å². The number of oxazole rings is 1. The minimum absolute atomic E-state index is 0.154. The van der Waals surface area contributed by atoms with Gasteiger partial charge in [0, 0.05) is 13.2 Å². The molecule has 30 heavy (non-hydrogen) atoms. The molecule has 0 radical (unpaired) electrons. The molecule has 0 unspecified atom stereocenters. The first-order chi connectivity index (χ1) is 14.5. The van der Waals surface area contributed by atoms with Crippen molar-refractivity contribution in [2.75, 3.05) is 20.3 Å². The monoisotopic (exact) mass is 412 g/mol. The van der Waals surface area contributed by atoms with Gasteiger partial charge in [-0.05, 0) is 80.9 Å². The lowest BCUT2D eigenvalue weighted by molar-refractivity contribution is -0.0373. The van der Waals surface area contributed by atoms with E-state index >= 15 is 0 Å². The van der Waals surface area contributed by atoms with E-state index in [4.69, 9.17) is 13.9 Å². The summed E-state index contributed by atoms with van der Waals surface area (Å²) in [5, 5.41) is 9.21. The van der Waals surface area contributed by atoms with Gasteiger partial charge in [0.25, 0.3) is 0 Å². The summed E-state index contributed by atoms with van der Waals surface area (Å²) < 4.78 is 18.3. The fourth-order valence-electron chi connectivity index (χ4n) is 5.60. The molecule has 1 heterocycles. The van der Waals surface area contributed by atoms with Crippen LogP contribution in [0.1, 0.15) is 69.9 Å². The van der Waals surface area contributed by atoms with Crippen LogP contribution in [0.15, 0.2) is 27.4 Å². The van der Waals surface area contributed by atoms with Crippen LogP contribution in [0.3, 0.4) is 0 Å². The highest BCUT2D eigenvalue weighted by Crippen LogP contribution is 2.50.